The van der Waals surface area contributed by atoms with Gasteiger partial charge >= 0.3 is 5.97 Å². The first-order chi connectivity index (χ1) is 8.35. The van der Waals surface area contributed by atoms with Gasteiger partial charge in [-0.3, -0.25) is 4.79 Å². The molecular formula is C14H18O4. The summed E-state index contributed by atoms with van der Waals surface area (Å²) < 4.78 is 10.1. The fraction of sp³-hybridized carbons (Fsp3) is 0.429. The molecule has 0 atom stereocenters. The van der Waals surface area contributed by atoms with Crippen molar-refractivity contribution < 1.29 is 19.1 Å². The molecule has 4 heteroatoms. The molecule has 0 aliphatic rings. The predicted molar refractivity (Wildman–Crippen MR) is 67.3 cm³/mol. The number of methoxy groups -OCH3 is 1. The van der Waals surface area contributed by atoms with Gasteiger partial charge in [0.1, 0.15) is 0 Å². The van der Waals surface area contributed by atoms with Crippen molar-refractivity contribution in [2.24, 2.45) is 0 Å². The Morgan fingerprint density at radius 2 is 1.78 bits per heavy atom. The predicted octanol–water partition coefficient (Wildman–Crippen LogP) is 2.36. The SMILES string of the molecule is COC(=O)C(=O)c1ccccc1COC(C)(C)C. The Balaban J connectivity index is 2.93. The van der Waals surface area contributed by atoms with E-state index in [2.05, 4.69) is 4.74 Å². The molecule has 0 spiro atoms. The van der Waals surface area contributed by atoms with Crippen LogP contribution in [0, 0.1) is 0 Å². The van der Waals surface area contributed by atoms with Crippen molar-refractivity contribution in [3.05, 3.63) is 35.4 Å². The van der Waals surface area contributed by atoms with Crippen LogP contribution in [0.15, 0.2) is 24.3 Å². The van der Waals surface area contributed by atoms with Crippen LogP contribution >= 0.6 is 0 Å². The van der Waals surface area contributed by atoms with Crippen LogP contribution < -0.4 is 0 Å². The van der Waals surface area contributed by atoms with E-state index in [1.165, 1.54) is 7.11 Å². The minimum absolute atomic E-state index is 0.280. The van der Waals surface area contributed by atoms with Gasteiger partial charge < -0.3 is 9.47 Å². The van der Waals surface area contributed by atoms with E-state index in [9.17, 15) is 9.59 Å². The summed E-state index contributed by atoms with van der Waals surface area (Å²) in [4.78, 5) is 23.0. The Bertz CT molecular complexity index is 443. The van der Waals surface area contributed by atoms with E-state index >= 15 is 0 Å². The average molecular weight is 250 g/mol. The molecule has 1 aromatic carbocycles. The molecular weight excluding hydrogens is 232 g/mol. The van der Waals surface area contributed by atoms with E-state index in [1.54, 1.807) is 24.3 Å². The molecule has 0 radical (unpaired) electrons. The van der Waals surface area contributed by atoms with Crippen LogP contribution in [0.4, 0.5) is 0 Å². The lowest BCUT2D eigenvalue weighted by atomic mass is 10.0. The molecule has 0 fully saturated rings. The number of ketones is 1. The van der Waals surface area contributed by atoms with Gasteiger partial charge in [-0.2, -0.15) is 0 Å². The van der Waals surface area contributed by atoms with Crippen molar-refractivity contribution >= 4 is 11.8 Å². The van der Waals surface area contributed by atoms with Crippen LogP contribution in [0.2, 0.25) is 0 Å². The first-order valence-electron chi connectivity index (χ1n) is 5.69. The molecule has 4 nitrogen and oxygen atoms in total. The number of hydrogen-bond donors (Lipinski definition) is 0. The van der Waals surface area contributed by atoms with E-state index in [0.717, 1.165) is 0 Å². The molecule has 0 amide bonds. The Labute approximate surface area is 107 Å². The van der Waals surface area contributed by atoms with Crippen molar-refractivity contribution in [3.63, 3.8) is 0 Å². The van der Waals surface area contributed by atoms with Crippen molar-refractivity contribution in [2.45, 2.75) is 33.0 Å². The van der Waals surface area contributed by atoms with Crippen LogP contribution in [0.1, 0.15) is 36.7 Å². The molecule has 0 saturated carbocycles. The first-order valence-corrected chi connectivity index (χ1v) is 5.69. The van der Waals surface area contributed by atoms with E-state index < -0.39 is 11.8 Å². The molecule has 98 valence electrons. The quantitative estimate of drug-likeness (QED) is 0.467. The van der Waals surface area contributed by atoms with Crippen LogP contribution in [0.25, 0.3) is 0 Å². The summed E-state index contributed by atoms with van der Waals surface area (Å²) in [6.45, 7) is 6.07. The summed E-state index contributed by atoms with van der Waals surface area (Å²) in [5, 5.41) is 0. The van der Waals surface area contributed by atoms with Gasteiger partial charge in [0.15, 0.2) is 0 Å². The Kier molecular flexibility index (Phi) is 4.62. The molecule has 0 unspecified atom stereocenters. The standard InChI is InChI=1S/C14H18O4/c1-14(2,3)18-9-10-7-5-6-8-11(10)12(15)13(16)17-4/h5-8H,9H2,1-4H3. The molecule has 0 aromatic heterocycles. The minimum Gasteiger partial charge on any atom is -0.463 e. The Morgan fingerprint density at radius 1 is 1.17 bits per heavy atom. The van der Waals surface area contributed by atoms with Gasteiger partial charge in [-0.15, -0.1) is 0 Å². The number of benzene rings is 1. The Morgan fingerprint density at radius 3 is 2.33 bits per heavy atom. The summed E-state index contributed by atoms with van der Waals surface area (Å²) in [6.07, 6.45) is 0. The summed E-state index contributed by atoms with van der Waals surface area (Å²) in [5.74, 6) is -1.51. The first kappa shape index (κ1) is 14.4. The topological polar surface area (TPSA) is 52.6 Å². The Hall–Kier alpha value is -1.68. The number of esters is 1. The van der Waals surface area contributed by atoms with Gasteiger partial charge in [0.05, 0.1) is 19.3 Å². The van der Waals surface area contributed by atoms with Crippen LogP contribution in [-0.2, 0) is 20.9 Å². The molecule has 1 rings (SSSR count). The monoisotopic (exact) mass is 250 g/mol. The van der Waals surface area contributed by atoms with Crippen molar-refractivity contribution in [1.82, 2.24) is 0 Å². The maximum absolute atomic E-state index is 11.8. The number of carbonyl (C=O) groups is 2. The fourth-order valence-electron chi connectivity index (χ4n) is 1.36. The zero-order valence-corrected chi connectivity index (χ0v) is 11.1. The zero-order chi connectivity index (χ0) is 13.8. The smallest absolute Gasteiger partial charge is 0.379 e. The number of carbonyl (C=O) groups excluding carboxylic acids is 2. The van der Waals surface area contributed by atoms with E-state index in [4.69, 9.17) is 4.74 Å². The average Bonchev–Trinajstić information content (AvgIpc) is 2.34. The molecule has 1 aromatic rings. The van der Waals surface area contributed by atoms with E-state index in [-0.39, 0.29) is 12.2 Å². The largest absolute Gasteiger partial charge is 0.463 e. The highest BCUT2D eigenvalue weighted by atomic mass is 16.5. The third-order valence-corrected chi connectivity index (χ3v) is 2.29. The van der Waals surface area contributed by atoms with E-state index in [1.807, 2.05) is 20.8 Å². The summed E-state index contributed by atoms with van der Waals surface area (Å²) in [7, 11) is 1.19. The number of rotatable bonds is 4. The lowest BCUT2D eigenvalue weighted by molar-refractivity contribution is -0.135. The number of Topliss-reactive ketones (excluding diaryl/α,β-unsaturated/α-hetero) is 1. The van der Waals surface area contributed by atoms with Crippen molar-refractivity contribution in [2.75, 3.05) is 7.11 Å². The van der Waals surface area contributed by atoms with Crippen LogP contribution in [-0.4, -0.2) is 24.5 Å². The third-order valence-electron chi connectivity index (χ3n) is 2.29. The molecule has 0 heterocycles. The van der Waals surface area contributed by atoms with E-state index in [0.29, 0.717) is 11.1 Å². The van der Waals surface area contributed by atoms with Gasteiger partial charge in [-0.25, -0.2) is 4.79 Å². The fourth-order valence-corrected chi connectivity index (χ4v) is 1.36. The lowest BCUT2D eigenvalue weighted by Crippen LogP contribution is -2.21. The molecule has 0 aliphatic heterocycles. The zero-order valence-electron chi connectivity index (χ0n) is 11.1. The number of ether oxygens (including phenoxy) is 2. The number of hydrogen-bond acceptors (Lipinski definition) is 4. The lowest BCUT2D eigenvalue weighted by Gasteiger charge is -2.20. The van der Waals surface area contributed by atoms with Gasteiger partial charge in [0, 0.05) is 5.56 Å². The molecule has 0 saturated heterocycles. The summed E-state index contributed by atoms with van der Waals surface area (Å²) in [5.41, 5.74) is 0.706. The normalized spacial score (nSPS) is 11.1. The third kappa shape index (κ3) is 3.96. The highest BCUT2D eigenvalue weighted by Gasteiger charge is 2.20. The second-order valence-corrected chi connectivity index (χ2v) is 4.88. The summed E-state index contributed by atoms with van der Waals surface area (Å²) in [6, 6.07) is 6.87. The highest BCUT2D eigenvalue weighted by Crippen LogP contribution is 2.16. The second-order valence-electron chi connectivity index (χ2n) is 4.88. The highest BCUT2D eigenvalue weighted by molar-refractivity contribution is 6.40. The summed E-state index contributed by atoms with van der Waals surface area (Å²) >= 11 is 0. The van der Waals surface area contributed by atoms with Crippen LogP contribution in [0.3, 0.4) is 0 Å². The maximum atomic E-state index is 11.8. The molecule has 18 heavy (non-hydrogen) atoms. The second kappa shape index (κ2) is 5.78. The minimum atomic E-state index is -0.863. The van der Waals surface area contributed by atoms with Gasteiger partial charge in [0.25, 0.3) is 5.78 Å². The molecule has 0 N–H and O–H groups in total. The molecule has 0 bridgehead atoms. The van der Waals surface area contributed by atoms with Crippen molar-refractivity contribution in [3.8, 4) is 0 Å². The maximum Gasteiger partial charge on any atom is 0.379 e. The van der Waals surface area contributed by atoms with Crippen molar-refractivity contribution in [1.29, 1.82) is 0 Å². The molecule has 0 aliphatic carbocycles. The van der Waals surface area contributed by atoms with Gasteiger partial charge in [0.2, 0.25) is 0 Å². The van der Waals surface area contributed by atoms with Gasteiger partial charge in [-0.05, 0) is 26.3 Å². The van der Waals surface area contributed by atoms with Crippen LogP contribution in [0.5, 0.6) is 0 Å². The van der Waals surface area contributed by atoms with Gasteiger partial charge in [-0.1, -0.05) is 24.3 Å².